The van der Waals surface area contributed by atoms with Gasteiger partial charge in [-0.15, -0.1) is 0 Å². The van der Waals surface area contributed by atoms with E-state index < -0.39 is 11.6 Å². The Morgan fingerprint density at radius 2 is 1.95 bits per heavy atom. The molecule has 2 rings (SSSR count). The van der Waals surface area contributed by atoms with Crippen molar-refractivity contribution < 1.29 is 8.78 Å². The molecule has 5 heteroatoms. The summed E-state index contributed by atoms with van der Waals surface area (Å²) in [6.45, 7) is 3.68. The number of nitrogens with zero attached hydrogens (tertiary/aromatic N) is 2. The van der Waals surface area contributed by atoms with Crippen LogP contribution in [0.2, 0.25) is 5.15 Å². The van der Waals surface area contributed by atoms with Crippen molar-refractivity contribution in [3.8, 4) is 11.3 Å². The normalized spacial score (nSPS) is 10.8. The highest BCUT2D eigenvalue weighted by atomic mass is 35.5. The minimum absolute atomic E-state index is 0.110. The van der Waals surface area contributed by atoms with Crippen molar-refractivity contribution in [2.75, 3.05) is 0 Å². The molecule has 0 N–H and O–H groups in total. The van der Waals surface area contributed by atoms with Crippen LogP contribution in [-0.2, 0) is 6.42 Å². The summed E-state index contributed by atoms with van der Waals surface area (Å²) < 4.78 is 27.1. The number of aryl methyl sites for hydroxylation is 1. The molecule has 0 saturated heterocycles. The van der Waals surface area contributed by atoms with Crippen LogP contribution >= 0.6 is 11.6 Å². The molecule has 0 radical (unpaired) electrons. The summed E-state index contributed by atoms with van der Waals surface area (Å²) in [6, 6.07) is 4.01. The molecule has 0 bridgehead atoms. The third kappa shape index (κ3) is 2.73. The molecule has 19 heavy (non-hydrogen) atoms. The molecule has 0 unspecified atom stereocenters. The largest absolute Gasteiger partial charge is 0.232 e. The molecule has 1 heterocycles. The predicted octanol–water partition coefficient (Wildman–Crippen LogP) is 4.34. The SMILES string of the molecule is CCCc1nc(Cl)c(C)c(-c2cccc(F)c2F)n1. The Hall–Kier alpha value is -1.55. The zero-order valence-corrected chi connectivity index (χ0v) is 11.4. The summed E-state index contributed by atoms with van der Waals surface area (Å²) in [7, 11) is 0. The van der Waals surface area contributed by atoms with E-state index in [-0.39, 0.29) is 10.7 Å². The van der Waals surface area contributed by atoms with Gasteiger partial charge in [0.15, 0.2) is 11.6 Å². The first kappa shape index (κ1) is 13.9. The third-order valence-corrected chi connectivity index (χ3v) is 3.18. The van der Waals surface area contributed by atoms with Crippen molar-refractivity contribution in [1.82, 2.24) is 9.97 Å². The maximum atomic E-state index is 13.8. The number of aromatic nitrogens is 2. The Labute approximate surface area is 115 Å². The molecule has 2 nitrogen and oxygen atoms in total. The fourth-order valence-electron chi connectivity index (χ4n) is 1.82. The highest BCUT2D eigenvalue weighted by Gasteiger charge is 2.16. The molecule has 0 aliphatic rings. The van der Waals surface area contributed by atoms with E-state index in [1.165, 1.54) is 12.1 Å². The van der Waals surface area contributed by atoms with Crippen LogP contribution in [0, 0.1) is 18.6 Å². The first-order chi connectivity index (χ1) is 9.04. The number of benzene rings is 1. The first-order valence-corrected chi connectivity index (χ1v) is 6.39. The van der Waals surface area contributed by atoms with Crippen molar-refractivity contribution >= 4 is 11.6 Å². The summed E-state index contributed by atoms with van der Waals surface area (Å²) in [5.74, 6) is -1.27. The Kier molecular flexibility index (Phi) is 4.10. The third-order valence-electron chi connectivity index (χ3n) is 2.81. The van der Waals surface area contributed by atoms with Crippen LogP contribution in [0.15, 0.2) is 18.2 Å². The lowest BCUT2D eigenvalue weighted by Crippen LogP contribution is -2.02. The van der Waals surface area contributed by atoms with E-state index >= 15 is 0 Å². The van der Waals surface area contributed by atoms with Crippen molar-refractivity contribution in [2.24, 2.45) is 0 Å². The molecule has 0 fully saturated rings. The van der Waals surface area contributed by atoms with Gasteiger partial charge >= 0.3 is 0 Å². The quantitative estimate of drug-likeness (QED) is 0.783. The molecule has 1 aromatic heterocycles. The van der Waals surface area contributed by atoms with E-state index in [1.54, 1.807) is 6.92 Å². The van der Waals surface area contributed by atoms with Gasteiger partial charge in [0.05, 0.1) is 5.69 Å². The predicted molar refractivity (Wildman–Crippen MR) is 71.1 cm³/mol. The Morgan fingerprint density at radius 3 is 2.63 bits per heavy atom. The number of hydrogen-bond donors (Lipinski definition) is 0. The second-order valence-electron chi connectivity index (χ2n) is 4.26. The Morgan fingerprint density at radius 1 is 1.21 bits per heavy atom. The van der Waals surface area contributed by atoms with Gasteiger partial charge in [-0.1, -0.05) is 24.6 Å². The van der Waals surface area contributed by atoms with Crippen LogP contribution in [0.3, 0.4) is 0 Å². The Balaban J connectivity index is 2.64. The number of hydrogen-bond acceptors (Lipinski definition) is 2. The van der Waals surface area contributed by atoms with Crippen molar-refractivity contribution in [3.05, 3.63) is 46.4 Å². The van der Waals surface area contributed by atoms with Gasteiger partial charge in [0.25, 0.3) is 0 Å². The van der Waals surface area contributed by atoms with E-state index in [1.807, 2.05) is 6.92 Å². The van der Waals surface area contributed by atoms with Gasteiger partial charge in [0.1, 0.15) is 11.0 Å². The zero-order chi connectivity index (χ0) is 14.0. The second-order valence-corrected chi connectivity index (χ2v) is 4.61. The molecule has 0 spiro atoms. The van der Waals surface area contributed by atoms with Crippen molar-refractivity contribution in [3.63, 3.8) is 0 Å². The van der Waals surface area contributed by atoms with Crippen LogP contribution in [0.1, 0.15) is 24.7 Å². The van der Waals surface area contributed by atoms with Crippen molar-refractivity contribution in [1.29, 1.82) is 0 Å². The lowest BCUT2D eigenvalue weighted by atomic mass is 10.1. The molecular formula is C14H13ClF2N2. The zero-order valence-electron chi connectivity index (χ0n) is 10.7. The molecule has 0 aliphatic heterocycles. The topological polar surface area (TPSA) is 25.8 Å². The Bertz CT molecular complexity index is 615. The molecule has 2 aromatic rings. The van der Waals surface area contributed by atoms with Gasteiger partial charge in [-0.2, -0.15) is 0 Å². The van der Waals surface area contributed by atoms with Crippen LogP contribution in [0.5, 0.6) is 0 Å². The van der Waals surface area contributed by atoms with Gasteiger partial charge in [0.2, 0.25) is 0 Å². The molecule has 100 valence electrons. The van der Waals surface area contributed by atoms with E-state index in [9.17, 15) is 8.78 Å². The standard InChI is InChI=1S/C14H13ClF2N2/c1-3-5-11-18-13(8(2)14(15)19-11)9-6-4-7-10(16)12(9)17/h4,6-7H,3,5H2,1-2H3. The lowest BCUT2D eigenvalue weighted by molar-refractivity contribution is 0.511. The van der Waals surface area contributed by atoms with Gasteiger partial charge in [-0.3, -0.25) is 0 Å². The fourth-order valence-corrected chi connectivity index (χ4v) is 2.00. The summed E-state index contributed by atoms with van der Waals surface area (Å²) >= 11 is 6.03. The van der Waals surface area contributed by atoms with Gasteiger partial charge in [-0.05, 0) is 25.5 Å². The maximum absolute atomic E-state index is 13.8. The maximum Gasteiger partial charge on any atom is 0.168 e. The van der Waals surface area contributed by atoms with Gasteiger partial charge < -0.3 is 0 Å². The summed E-state index contributed by atoms with van der Waals surface area (Å²) in [5, 5.41) is 0.275. The molecular weight excluding hydrogens is 270 g/mol. The second kappa shape index (κ2) is 5.61. The molecule has 0 aliphatic carbocycles. The van der Waals surface area contributed by atoms with Gasteiger partial charge in [0, 0.05) is 17.5 Å². The molecule has 1 aromatic carbocycles. The van der Waals surface area contributed by atoms with Crippen LogP contribution in [0.25, 0.3) is 11.3 Å². The summed E-state index contributed by atoms with van der Waals surface area (Å²) in [5.41, 5.74) is 1.01. The van der Waals surface area contributed by atoms with E-state index in [0.717, 1.165) is 12.5 Å². The van der Waals surface area contributed by atoms with Gasteiger partial charge in [-0.25, -0.2) is 18.7 Å². The molecule has 0 amide bonds. The highest BCUT2D eigenvalue weighted by molar-refractivity contribution is 6.30. The van der Waals surface area contributed by atoms with Crippen LogP contribution in [-0.4, -0.2) is 9.97 Å². The number of rotatable bonds is 3. The minimum Gasteiger partial charge on any atom is -0.232 e. The fraction of sp³-hybridized carbons (Fsp3) is 0.286. The van der Waals surface area contributed by atoms with E-state index in [2.05, 4.69) is 9.97 Å². The first-order valence-electron chi connectivity index (χ1n) is 6.02. The van der Waals surface area contributed by atoms with Crippen molar-refractivity contribution in [2.45, 2.75) is 26.7 Å². The highest BCUT2D eigenvalue weighted by Crippen LogP contribution is 2.28. The summed E-state index contributed by atoms with van der Waals surface area (Å²) in [6.07, 6.45) is 1.49. The monoisotopic (exact) mass is 282 g/mol. The average Bonchev–Trinajstić information content (AvgIpc) is 2.37. The molecule has 0 atom stereocenters. The van der Waals surface area contributed by atoms with Crippen LogP contribution < -0.4 is 0 Å². The number of halogens is 3. The minimum atomic E-state index is -0.914. The lowest BCUT2D eigenvalue weighted by Gasteiger charge is -2.10. The van der Waals surface area contributed by atoms with E-state index in [0.29, 0.717) is 23.5 Å². The van der Waals surface area contributed by atoms with Crippen LogP contribution in [0.4, 0.5) is 8.78 Å². The smallest absolute Gasteiger partial charge is 0.168 e. The summed E-state index contributed by atoms with van der Waals surface area (Å²) in [4.78, 5) is 8.43. The molecule has 0 saturated carbocycles. The van der Waals surface area contributed by atoms with E-state index in [4.69, 9.17) is 11.6 Å². The average molecular weight is 283 g/mol.